The van der Waals surface area contributed by atoms with E-state index in [4.69, 9.17) is 0 Å². The fourth-order valence-corrected chi connectivity index (χ4v) is 6.46. The van der Waals surface area contributed by atoms with Crippen LogP contribution in [-0.4, -0.2) is 52.5 Å². The molecule has 1 aliphatic heterocycles. The highest BCUT2D eigenvalue weighted by Crippen LogP contribution is 2.41. The molecule has 242 valence electrons. The third kappa shape index (κ3) is 7.38. The summed E-state index contributed by atoms with van der Waals surface area (Å²) >= 11 is 0. The Labute approximate surface area is 252 Å². The number of alkyl halides is 6. The molecule has 2 aliphatic rings. The number of piperidine rings is 1. The third-order valence-electron chi connectivity index (χ3n) is 9.31. The van der Waals surface area contributed by atoms with Crippen molar-refractivity contribution in [1.82, 2.24) is 9.80 Å². The van der Waals surface area contributed by atoms with Gasteiger partial charge in [-0.15, -0.1) is 0 Å². The van der Waals surface area contributed by atoms with Crippen LogP contribution in [0.2, 0.25) is 0 Å². The summed E-state index contributed by atoms with van der Waals surface area (Å²) in [5.41, 5.74) is -2.89. The third-order valence-corrected chi connectivity index (χ3v) is 9.31. The number of nitrogens with zero attached hydrogens (tertiary/aromatic N) is 2. The largest absolute Gasteiger partial charge is 0.416 e. The molecular formula is C32H37F7N2O3. The standard InChI is InChI=1S/C32H37F7N2O3/c1-18-13-24(33)5-6-25(18)27-17-41(28(42)20-7-10-30(3,44)11-8-20)12-9-26(27)29(43)40(4)19(2)21-14-22(31(34,35)36)16-23(15-21)32(37,38)39/h5-6,13-16,19-20,26-27,44H,7-12,17H2,1-4H3/t19-,20?,26-,27+,30?/m0/s1. The van der Waals surface area contributed by atoms with Crippen molar-refractivity contribution in [3.63, 3.8) is 0 Å². The lowest BCUT2D eigenvalue weighted by Crippen LogP contribution is -2.50. The van der Waals surface area contributed by atoms with Crippen LogP contribution in [0.15, 0.2) is 36.4 Å². The van der Waals surface area contributed by atoms with Gasteiger partial charge in [0, 0.05) is 37.9 Å². The van der Waals surface area contributed by atoms with Crippen LogP contribution >= 0.6 is 0 Å². The molecule has 2 aromatic rings. The minimum atomic E-state index is -5.03. The fourth-order valence-electron chi connectivity index (χ4n) is 6.46. The summed E-state index contributed by atoms with van der Waals surface area (Å²) in [5.74, 6) is -2.73. The van der Waals surface area contributed by atoms with Crippen molar-refractivity contribution in [1.29, 1.82) is 0 Å². The normalized spacial score (nSPS) is 25.5. The van der Waals surface area contributed by atoms with Gasteiger partial charge < -0.3 is 14.9 Å². The molecule has 2 aromatic carbocycles. The number of carbonyl (C=O) groups is 2. The van der Waals surface area contributed by atoms with Crippen LogP contribution < -0.4 is 0 Å². The first kappa shape index (κ1) is 33.7. The average molecular weight is 631 g/mol. The molecule has 1 aliphatic carbocycles. The molecule has 1 saturated carbocycles. The average Bonchev–Trinajstić information content (AvgIpc) is 2.94. The summed E-state index contributed by atoms with van der Waals surface area (Å²) in [6.45, 7) is 5.14. The molecule has 5 nitrogen and oxygen atoms in total. The van der Waals surface area contributed by atoms with E-state index in [0.717, 1.165) is 4.90 Å². The van der Waals surface area contributed by atoms with E-state index in [1.165, 1.54) is 26.1 Å². The van der Waals surface area contributed by atoms with Crippen LogP contribution in [0, 0.1) is 24.6 Å². The topological polar surface area (TPSA) is 60.9 Å². The number of amides is 2. The van der Waals surface area contributed by atoms with E-state index >= 15 is 0 Å². The molecule has 4 rings (SSSR count). The van der Waals surface area contributed by atoms with Gasteiger partial charge >= 0.3 is 12.4 Å². The predicted octanol–water partition coefficient (Wildman–Crippen LogP) is 7.26. The van der Waals surface area contributed by atoms with Crippen molar-refractivity contribution in [2.24, 2.45) is 11.8 Å². The minimum Gasteiger partial charge on any atom is -0.390 e. The molecule has 1 N–H and O–H groups in total. The maximum Gasteiger partial charge on any atom is 0.416 e. The Hall–Kier alpha value is -3.15. The Bertz CT molecular complexity index is 1350. The molecule has 1 heterocycles. The van der Waals surface area contributed by atoms with E-state index in [-0.39, 0.29) is 43.0 Å². The first-order chi connectivity index (χ1) is 20.3. The maximum atomic E-state index is 14.0. The highest BCUT2D eigenvalue weighted by molar-refractivity contribution is 5.82. The summed E-state index contributed by atoms with van der Waals surface area (Å²) < 4.78 is 95.1. The van der Waals surface area contributed by atoms with Crippen molar-refractivity contribution in [2.75, 3.05) is 20.1 Å². The van der Waals surface area contributed by atoms with Gasteiger partial charge in [0.2, 0.25) is 11.8 Å². The Kier molecular flexibility index (Phi) is 9.45. The number of likely N-dealkylation sites (tertiary alicyclic amines) is 1. The lowest BCUT2D eigenvalue weighted by molar-refractivity contribution is -0.146. The summed E-state index contributed by atoms with van der Waals surface area (Å²) in [7, 11) is 1.33. The van der Waals surface area contributed by atoms with Gasteiger partial charge in [-0.05, 0) is 99.9 Å². The fraction of sp³-hybridized carbons (Fsp3) is 0.562. The second-order valence-corrected chi connectivity index (χ2v) is 12.5. The van der Waals surface area contributed by atoms with Crippen molar-refractivity contribution < 1.29 is 45.4 Å². The highest BCUT2D eigenvalue weighted by Gasteiger charge is 2.43. The molecule has 0 spiro atoms. The van der Waals surface area contributed by atoms with E-state index in [9.17, 15) is 45.4 Å². The van der Waals surface area contributed by atoms with Gasteiger partial charge in [0.05, 0.1) is 22.8 Å². The summed E-state index contributed by atoms with van der Waals surface area (Å²) in [5, 5.41) is 10.3. The molecule has 44 heavy (non-hydrogen) atoms. The number of carbonyl (C=O) groups excluding carboxylic acids is 2. The van der Waals surface area contributed by atoms with Crippen molar-refractivity contribution in [2.45, 2.75) is 82.8 Å². The lowest BCUT2D eigenvalue weighted by Gasteiger charge is -2.43. The van der Waals surface area contributed by atoms with Gasteiger partial charge in [0.15, 0.2) is 0 Å². The van der Waals surface area contributed by atoms with Crippen LogP contribution in [0.3, 0.4) is 0 Å². The lowest BCUT2D eigenvalue weighted by atomic mass is 9.76. The first-order valence-corrected chi connectivity index (χ1v) is 14.6. The summed E-state index contributed by atoms with van der Waals surface area (Å²) in [6.07, 6.45) is -7.87. The molecule has 0 unspecified atom stereocenters. The molecule has 2 amide bonds. The van der Waals surface area contributed by atoms with Crippen molar-refractivity contribution in [3.05, 3.63) is 70.0 Å². The van der Waals surface area contributed by atoms with Crippen LogP contribution in [0.5, 0.6) is 0 Å². The van der Waals surface area contributed by atoms with Gasteiger partial charge in [-0.3, -0.25) is 9.59 Å². The molecule has 0 aromatic heterocycles. The minimum absolute atomic E-state index is 0.0471. The van der Waals surface area contributed by atoms with Crippen LogP contribution in [0.25, 0.3) is 0 Å². The van der Waals surface area contributed by atoms with E-state index in [1.54, 1.807) is 24.8 Å². The van der Waals surface area contributed by atoms with Crippen molar-refractivity contribution in [3.8, 4) is 0 Å². The number of hydrogen-bond acceptors (Lipinski definition) is 3. The number of hydrogen-bond donors (Lipinski definition) is 1. The molecular weight excluding hydrogens is 593 g/mol. The molecule has 1 saturated heterocycles. The monoisotopic (exact) mass is 630 g/mol. The van der Waals surface area contributed by atoms with Gasteiger partial charge in [0.1, 0.15) is 5.82 Å². The molecule has 3 atom stereocenters. The van der Waals surface area contributed by atoms with E-state index < -0.39 is 58.7 Å². The Morgan fingerprint density at radius 3 is 2.07 bits per heavy atom. The second-order valence-electron chi connectivity index (χ2n) is 12.5. The van der Waals surface area contributed by atoms with Crippen molar-refractivity contribution >= 4 is 11.8 Å². The van der Waals surface area contributed by atoms with E-state index in [2.05, 4.69) is 0 Å². The van der Waals surface area contributed by atoms with Crippen LogP contribution in [0.4, 0.5) is 30.7 Å². The molecule has 0 radical (unpaired) electrons. The molecule has 0 bridgehead atoms. The van der Waals surface area contributed by atoms with Gasteiger partial charge in [-0.25, -0.2) is 4.39 Å². The number of benzene rings is 2. The molecule has 2 fully saturated rings. The zero-order chi connectivity index (χ0) is 32.8. The zero-order valence-corrected chi connectivity index (χ0v) is 25.0. The Morgan fingerprint density at radius 1 is 0.977 bits per heavy atom. The van der Waals surface area contributed by atoms with Crippen LogP contribution in [0.1, 0.15) is 85.7 Å². The highest BCUT2D eigenvalue weighted by atomic mass is 19.4. The first-order valence-electron chi connectivity index (χ1n) is 14.6. The van der Waals surface area contributed by atoms with Gasteiger partial charge in [-0.1, -0.05) is 6.07 Å². The number of aliphatic hydroxyl groups is 1. The van der Waals surface area contributed by atoms with E-state index in [0.29, 0.717) is 48.9 Å². The smallest absolute Gasteiger partial charge is 0.390 e. The number of aryl methyl sites for hydroxylation is 1. The maximum absolute atomic E-state index is 14.0. The number of rotatable bonds is 5. The van der Waals surface area contributed by atoms with Crippen LogP contribution in [-0.2, 0) is 21.9 Å². The Balaban J connectivity index is 1.63. The predicted molar refractivity (Wildman–Crippen MR) is 149 cm³/mol. The number of halogens is 7. The SMILES string of the molecule is Cc1cc(F)ccc1[C@H]1CN(C(=O)C2CCC(C)(O)CC2)CC[C@@H]1C(=O)N(C)[C@@H](C)c1cc(C(F)(F)F)cc(C(F)(F)F)c1. The van der Waals surface area contributed by atoms with Gasteiger partial charge in [0.25, 0.3) is 0 Å². The van der Waals surface area contributed by atoms with E-state index in [1.807, 2.05) is 0 Å². The zero-order valence-electron chi connectivity index (χ0n) is 25.0. The molecule has 12 heteroatoms. The second kappa shape index (κ2) is 12.3. The summed E-state index contributed by atoms with van der Waals surface area (Å²) in [4.78, 5) is 30.3. The van der Waals surface area contributed by atoms with Gasteiger partial charge in [-0.2, -0.15) is 26.3 Å². The quantitative estimate of drug-likeness (QED) is 0.354. The Morgan fingerprint density at radius 2 is 1.55 bits per heavy atom. The summed E-state index contributed by atoms with van der Waals surface area (Å²) in [6, 6.07) is 4.26.